The molecule has 0 heteroatoms. The number of unbranched alkanes of at least 4 members (excludes halogenated alkanes) is 1. The van der Waals surface area contributed by atoms with E-state index in [4.69, 9.17) is 0 Å². The van der Waals surface area contributed by atoms with Gasteiger partial charge in [-0.3, -0.25) is 0 Å². The smallest absolute Gasteiger partial charge is 0.0228 e. The van der Waals surface area contributed by atoms with E-state index >= 15 is 0 Å². The van der Waals surface area contributed by atoms with Crippen LogP contribution < -0.4 is 0 Å². The molecule has 0 saturated heterocycles. The van der Waals surface area contributed by atoms with E-state index in [9.17, 15) is 0 Å². The molecule has 1 aliphatic rings. The summed E-state index contributed by atoms with van der Waals surface area (Å²) in [5, 5.41) is 0. The standard InChI is InChI=1S/C18H26/c1-18(2)14-8-13-17(15-18)12-7-6-11-16-9-4-3-5-10-16/h3-5,8-10,13,17H,6-7,11-12,14-15H2,1-2H3/t17-/m0/s1. The number of rotatable bonds is 5. The zero-order chi connectivity index (χ0) is 12.8. The Bertz CT molecular complexity index is 372. The molecular weight excluding hydrogens is 216 g/mol. The van der Waals surface area contributed by atoms with E-state index in [1.54, 1.807) is 0 Å². The molecule has 0 spiro atoms. The monoisotopic (exact) mass is 242 g/mol. The maximum absolute atomic E-state index is 2.45. The zero-order valence-electron chi connectivity index (χ0n) is 11.9. The summed E-state index contributed by atoms with van der Waals surface area (Å²) in [7, 11) is 0. The first-order valence-electron chi connectivity index (χ1n) is 7.36. The molecule has 0 fully saturated rings. The van der Waals surface area contributed by atoms with E-state index in [2.05, 4.69) is 56.3 Å². The first-order chi connectivity index (χ1) is 8.66. The minimum atomic E-state index is 0.527. The fourth-order valence-corrected chi connectivity index (χ4v) is 3.02. The van der Waals surface area contributed by atoms with Gasteiger partial charge in [0.2, 0.25) is 0 Å². The topological polar surface area (TPSA) is 0 Å². The van der Waals surface area contributed by atoms with Crippen LogP contribution in [0.4, 0.5) is 0 Å². The van der Waals surface area contributed by atoms with Crippen molar-refractivity contribution in [2.45, 2.75) is 52.4 Å². The molecule has 18 heavy (non-hydrogen) atoms. The highest BCUT2D eigenvalue weighted by Gasteiger charge is 2.23. The lowest BCUT2D eigenvalue weighted by atomic mass is 9.74. The largest absolute Gasteiger partial charge is 0.0877 e. The molecule has 0 aliphatic heterocycles. The van der Waals surface area contributed by atoms with Crippen LogP contribution in [0.5, 0.6) is 0 Å². The van der Waals surface area contributed by atoms with Crippen LogP contribution in [0.3, 0.4) is 0 Å². The van der Waals surface area contributed by atoms with E-state index in [0.717, 1.165) is 5.92 Å². The number of benzene rings is 1. The molecule has 0 N–H and O–H groups in total. The predicted octanol–water partition coefficient (Wildman–Crippen LogP) is 5.39. The molecule has 0 saturated carbocycles. The molecule has 1 aromatic carbocycles. The molecule has 0 amide bonds. The second kappa shape index (κ2) is 6.22. The quantitative estimate of drug-likeness (QED) is 0.479. The van der Waals surface area contributed by atoms with Gasteiger partial charge in [0.25, 0.3) is 0 Å². The zero-order valence-corrected chi connectivity index (χ0v) is 11.9. The number of hydrogen-bond donors (Lipinski definition) is 0. The minimum absolute atomic E-state index is 0.527. The van der Waals surface area contributed by atoms with Gasteiger partial charge in [0.15, 0.2) is 0 Å². The summed E-state index contributed by atoms with van der Waals surface area (Å²) in [6.45, 7) is 4.79. The van der Waals surface area contributed by atoms with E-state index in [-0.39, 0.29) is 0 Å². The third-order valence-electron chi connectivity index (χ3n) is 4.03. The highest BCUT2D eigenvalue weighted by Crippen LogP contribution is 2.36. The van der Waals surface area contributed by atoms with Gasteiger partial charge in [-0.15, -0.1) is 0 Å². The lowest BCUT2D eigenvalue weighted by Crippen LogP contribution is -2.18. The molecule has 0 aromatic heterocycles. The summed E-state index contributed by atoms with van der Waals surface area (Å²) in [4.78, 5) is 0. The Morgan fingerprint density at radius 3 is 2.61 bits per heavy atom. The van der Waals surface area contributed by atoms with Gasteiger partial charge >= 0.3 is 0 Å². The Hall–Kier alpha value is -1.04. The highest BCUT2D eigenvalue weighted by atomic mass is 14.3. The van der Waals surface area contributed by atoms with Crippen LogP contribution in [0.2, 0.25) is 0 Å². The fourth-order valence-electron chi connectivity index (χ4n) is 3.02. The van der Waals surface area contributed by atoms with Crippen molar-refractivity contribution in [3.05, 3.63) is 48.0 Å². The van der Waals surface area contributed by atoms with Crippen molar-refractivity contribution in [2.75, 3.05) is 0 Å². The van der Waals surface area contributed by atoms with Crippen LogP contribution >= 0.6 is 0 Å². The van der Waals surface area contributed by atoms with E-state index in [1.165, 1.54) is 44.1 Å². The molecule has 1 atom stereocenters. The molecule has 0 radical (unpaired) electrons. The first-order valence-corrected chi connectivity index (χ1v) is 7.36. The van der Waals surface area contributed by atoms with Crippen molar-refractivity contribution in [1.82, 2.24) is 0 Å². The minimum Gasteiger partial charge on any atom is -0.0877 e. The van der Waals surface area contributed by atoms with Gasteiger partial charge in [-0.05, 0) is 49.0 Å². The van der Waals surface area contributed by atoms with Crippen molar-refractivity contribution in [1.29, 1.82) is 0 Å². The van der Waals surface area contributed by atoms with Gasteiger partial charge in [0, 0.05) is 0 Å². The lowest BCUT2D eigenvalue weighted by Gasteiger charge is -2.31. The van der Waals surface area contributed by atoms with Crippen LogP contribution in [-0.4, -0.2) is 0 Å². The van der Waals surface area contributed by atoms with Gasteiger partial charge in [-0.25, -0.2) is 0 Å². The van der Waals surface area contributed by atoms with Crippen molar-refractivity contribution in [3.63, 3.8) is 0 Å². The Labute approximate surface area is 112 Å². The van der Waals surface area contributed by atoms with Crippen molar-refractivity contribution in [3.8, 4) is 0 Å². The third kappa shape index (κ3) is 4.33. The molecule has 0 nitrogen and oxygen atoms in total. The Balaban J connectivity index is 1.67. The molecule has 1 aliphatic carbocycles. The number of hydrogen-bond acceptors (Lipinski definition) is 0. The van der Waals surface area contributed by atoms with Crippen molar-refractivity contribution < 1.29 is 0 Å². The van der Waals surface area contributed by atoms with Crippen molar-refractivity contribution in [2.24, 2.45) is 11.3 Å². The second-order valence-corrected chi connectivity index (χ2v) is 6.49. The average Bonchev–Trinajstić information content (AvgIpc) is 2.35. The molecule has 2 rings (SSSR count). The number of allylic oxidation sites excluding steroid dienone is 2. The van der Waals surface area contributed by atoms with E-state index < -0.39 is 0 Å². The van der Waals surface area contributed by atoms with Crippen LogP contribution in [0.1, 0.15) is 51.5 Å². The summed E-state index contributed by atoms with van der Waals surface area (Å²) >= 11 is 0. The Morgan fingerprint density at radius 2 is 1.89 bits per heavy atom. The number of aryl methyl sites for hydroxylation is 1. The summed E-state index contributed by atoms with van der Waals surface area (Å²) in [5.41, 5.74) is 2.01. The van der Waals surface area contributed by atoms with Gasteiger partial charge < -0.3 is 0 Å². The molecule has 1 aromatic rings. The molecular formula is C18H26. The molecule has 98 valence electrons. The Morgan fingerprint density at radius 1 is 1.11 bits per heavy atom. The second-order valence-electron chi connectivity index (χ2n) is 6.49. The molecule has 0 bridgehead atoms. The maximum atomic E-state index is 2.45. The van der Waals surface area contributed by atoms with Gasteiger partial charge in [-0.2, -0.15) is 0 Å². The summed E-state index contributed by atoms with van der Waals surface area (Å²) < 4.78 is 0. The molecule has 0 heterocycles. The predicted molar refractivity (Wildman–Crippen MR) is 79.6 cm³/mol. The van der Waals surface area contributed by atoms with Crippen LogP contribution in [0.25, 0.3) is 0 Å². The van der Waals surface area contributed by atoms with E-state index in [1.807, 2.05) is 0 Å². The first kappa shape index (κ1) is 13.4. The lowest BCUT2D eigenvalue weighted by molar-refractivity contribution is 0.269. The van der Waals surface area contributed by atoms with Crippen molar-refractivity contribution >= 4 is 0 Å². The van der Waals surface area contributed by atoms with Gasteiger partial charge in [-0.1, -0.05) is 62.8 Å². The third-order valence-corrected chi connectivity index (χ3v) is 4.03. The van der Waals surface area contributed by atoms with E-state index in [0.29, 0.717) is 5.41 Å². The fraction of sp³-hybridized carbons (Fsp3) is 0.556. The normalized spacial score (nSPS) is 22.0. The van der Waals surface area contributed by atoms with Crippen LogP contribution in [0, 0.1) is 11.3 Å². The van der Waals surface area contributed by atoms with Crippen LogP contribution in [0.15, 0.2) is 42.5 Å². The van der Waals surface area contributed by atoms with Crippen LogP contribution in [-0.2, 0) is 6.42 Å². The average molecular weight is 242 g/mol. The molecule has 0 unspecified atom stereocenters. The maximum Gasteiger partial charge on any atom is -0.0228 e. The summed E-state index contributed by atoms with van der Waals surface area (Å²) in [5.74, 6) is 0.824. The summed E-state index contributed by atoms with van der Waals surface area (Å²) in [6, 6.07) is 10.9. The Kier molecular flexibility index (Phi) is 4.63. The SMILES string of the molecule is CC1(C)CC=C[C@H](CCCCc2ccccc2)C1. The van der Waals surface area contributed by atoms with Gasteiger partial charge in [0.1, 0.15) is 0 Å². The van der Waals surface area contributed by atoms with Gasteiger partial charge in [0.05, 0.1) is 0 Å². The highest BCUT2D eigenvalue weighted by molar-refractivity contribution is 5.14. The summed E-state index contributed by atoms with van der Waals surface area (Å²) in [6.07, 6.45) is 12.8.